The molecule has 0 radical (unpaired) electrons. The highest BCUT2D eigenvalue weighted by Gasteiger charge is 2.58. The summed E-state index contributed by atoms with van der Waals surface area (Å²) in [5, 5.41) is -4.68. The van der Waals surface area contributed by atoms with Crippen molar-refractivity contribution in [2.24, 2.45) is 0 Å². The zero-order valence-electron chi connectivity index (χ0n) is 6.80. The fourth-order valence-corrected chi connectivity index (χ4v) is 0.481. The molecule has 74 valence electrons. The van der Waals surface area contributed by atoms with Crippen molar-refractivity contribution in [2.75, 3.05) is 0 Å². The van der Waals surface area contributed by atoms with Gasteiger partial charge in [0.2, 0.25) is 0 Å². The van der Waals surface area contributed by atoms with Gasteiger partial charge in [-0.1, -0.05) is 0 Å². The van der Waals surface area contributed by atoms with Gasteiger partial charge in [0.05, 0.1) is 5.60 Å². The monoisotopic (exact) mass is 208 g/mol. The molecule has 0 aliphatic carbocycles. The molecule has 0 heterocycles. The van der Waals surface area contributed by atoms with E-state index in [0.717, 1.165) is 0 Å². The summed E-state index contributed by atoms with van der Waals surface area (Å²) in [6, 6.07) is 0. The van der Waals surface area contributed by atoms with Crippen molar-refractivity contribution in [3.05, 3.63) is 0 Å². The Bertz CT molecular complexity index is 158. The molecule has 0 aliphatic heterocycles. The third kappa shape index (κ3) is 3.58. The van der Waals surface area contributed by atoms with E-state index in [9.17, 15) is 17.6 Å². The maximum absolute atomic E-state index is 12.3. The Labute approximate surface area is 72.6 Å². The Kier molecular flexibility index (Phi) is 3.02. The van der Waals surface area contributed by atoms with Crippen molar-refractivity contribution in [3.8, 4) is 0 Å². The van der Waals surface area contributed by atoms with Crippen LogP contribution in [0.15, 0.2) is 0 Å². The maximum atomic E-state index is 12.3. The minimum Gasteiger partial charge on any atom is -0.309 e. The number of rotatable bonds is 2. The van der Waals surface area contributed by atoms with Gasteiger partial charge in [0.1, 0.15) is 0 Å². The summed E-state index contributed by atoms with van der Waals surface area (Å²) in [5.74, 6) is 0. The van der Waals surface area contributed by atoms with Crippen LogP contribution in [0.3, 0.4) is 0 Å². The lowest BCUT2D eigenvalue weighted by Crippen LogP contribution is -2.43. The maximum Gasteiger partial charge on any atom is 0.435 e. The minimum absolute atomic E-state index is 1.23. The number of hydrogen-bond acceptors (Lipinski definition) is 1. The van der Waals surface area contributed by atoms with Gasteiger partial charge >= 0.3 is 11.5 Å². The van der Waals surface area contributed by atoms with E-state index in [4.69, 9.17) is 0 Å². The second kappa shape index (κ2) is 3.03. The van der Waals surface area contributed by atoms with Gasteiger partial charge < -0.3 is 4.74 Å². The lowest BCUT2D eigenvalue weighted by Gasteiger charge is -2.28. The normalized spacial score (nSPS) is 15.0. The second-order valence-corrected chi connectivity index (χ2v) is 3.70. The molecule has 6 heteroatoms. The summed E-state index contributed by atoms with van der Waals surface area (Å²) in [5.41, 5.74) is -1.37. The van der Waals surface area contributed by atoms with E-state index in [-0.39, 0.29) is 0 Å². The van der Waals surface area contributed by atoms with Gasteiger partial charge in [-0.05, 0) is 32.4 Å². The summed E-state index contributed by atoms with van der Waals surface area (Å²) >= 11 is 4.12. The first-order valence-corrected chi connectivity index (χ1v) is 3.48. The molecule has 0 aromatic carbocycles. The fraction of sp³-hybridized carbons (Fsp3) is 1.00. The topological polar surface area (TPSA) is 9.23 Å². The molecule has 0 saturated carbocycles. The van der Waals surface area contributed by atoms with E-state index in [0.29, 0.717) is 0 Å². The molecule has 0 unspecified atom stereocenters. The molecule has 0 amide bonds. The first kappa shape index (κ1) is 12.0. The molecule has 0 aliphatic rings. The quantitative estimate of drug-likeness (QED) is 0.500. The highest BCUT2D eigenvalue weighted by Crippen LogP contribution is 2.40. The smallest absolute Gasteiger partial charge is 0.309 e. The van der Waals surface area contributed by atoms with Gasteiger partial charge in [0, 0.05) is 0 Å². The first-order valence-electron chi connectivity index (χ1n) is 3.10. The molecule has 0 N–H and O–H groups in total. The highest BCUT2D eigenvalue weighted by atomic mass is 35.5. The summed E-state index contributed by atoms with van der Waals surface area (Å²) in [4.78, 5) is 0. The standard InChI is InChI=1S/C6H9ClF4O/c1-4(2,3)12-6(10,11)5(7,8)9/h1-3H3. The van der Waals surface area contributed by atoms with Crippen LogP contribution < -0.4 is 0 Å². The van der Waals surface area contributed by atoms with Gasteiger partial charge in [0.15, 0.2) is 0 Å². The molecule has 0 rings (SSSR count). The van der Waals surface area contributed by atoms with E-state index in [1.807, 2.05) is 0 Å². The lowest BCUT2D eigenvalue weighted by atomic mass is 10.2. The number of halogens is 5. The van der Waals surface area contributed by atoms with Crippen molar-refractivity contribution >= 4 is 11.6 Å². The first-order chi connectivity index (χ1) is 4.96. The van der Waals surface area contributed by atoms with E-state index in [1.54, 1.807) is 0 Å². The largest absolute Gasteiger partial charge is 0.435 e. The SMILES string of the molecule is CC(C)(C)OC(F)(F)C(F)(F)Cl. The average molecular weight is 209 g/mol. The summed E-state index contributed by atoms with van der Waals surface area (Å²) in [6.07, 6.45) is -4.65. The van der Waals surface area contributed by atoms with Gasteiger partial charge in [0.25, 0.3) is 0 Å². The van der Waals surface area contributed by atoms with Crippen molar-refractivity contribution in [3.63, 3.8) is 0 Å². The third-order valence-electron chi connectivity index (χ3n) is 0.764. The summed E-state index contributed by atoms with van der Waals surface area (Å²) in [6.45, 7) is 3.68. The van der Waals surface area contributed by atoms with Gasteiger partial charge in [-0.25, -0.2) is 0 Å². The van der Waals surface area contributed by atoms with Crippen molar-refractivity contribution in [1.82, 2.24) is 0 Å². The van der Waals surface area contributed by atoms with Crippen LogP contribution in [-0.4, -0.2) is 17.1 Å². The van der Waals surface area contributed by atoms with E-state index < -0.39 is 17.1 Å². The Hall–Kier alpha value is -0.0300. The Balaban J connectivity index is 4.44. The van der Waals surface area contributed by atoms with Crippen molar-refractivity contribution in [2.45, 2.75) is 37.9 Å². The lowest BCUT2D eigenvalue weighted by molar-refractivity contribution is -0.348. The van der Waals surface area contributed by atoms with Gasteiger partial charge in [-0.3, -0.25) is 0 Å². The van der Waals surface area contributed by atoms with Crippen LogP contribution in [0.1, 0.15) is 20.8 Å². The van der Waals surface area contributed by atoms with Crippen LogP contribution in [-0.2, 0) is 4.74 Å². The number of alkyl halides is 5. The predicted molar refractivity (Wildman–Crippen MR) is 36.6 cm³/mol. The average Bonchev–Trinajstić information content (AvgIpc) is 1.52. The van der Waals surface area contributed by atoms with Crippen LogP contribution in [0.2, 0.25) is 0 Å². The van der Waals surface area contributed by atoms with E-state index in [1.165, 1.54) is 20.8 Å². The van der Waals surface area contributed by atoms with Gasteiger partial charge in [-0.2, -0.15) is 17.6 Å². The Morgan fingerprint density at radius 3 is 1.42 bits per heavy atom. The van der Waals surface area contributed by atoms with Crippen LogP contribution in [0.25, 0.3) is 0 Å². The highest BCUT2D eigenvalue weighted by molar-refractivity contribution is 6.22. The molecule has 0 saturated heterocycles. The van der Waals surface area contributed by atoms with Crippen LogP contribution in [0, 0.1) is 0 Å². The minimum atomic E-state index is -4.68. The Morgan fingerprint density at radius 1 is 1.00 bits per heavy atom. The molecule has 0 aromatic rings. The third-order valence-corrected chi connectivity index (χ3v) is 0.984. The summed E-state index contributed by atoms with van der Waals surface area (Å²) in [7, 11) is 0. The van der Waals surface area contributed by atoms with E-state index >= 15 is 0 Å². The summed E-state index contributed by atoms with van der Waals surface area (Å²) < 4.78 is 52.3. The predicted octanol–water partition coefficient (Wildman–Crippen LogP) is 3.23. The molecular weight excluding hydrogens is 200 g/mol. The van der Waals surface area contributed by atoms with Crippen molar-refractivity contribution < 1.29 is 22.3 Å². The molecule has 12 heavy (non-hydrogen) atoms. The van der Waals surface area contributed by atoms with Crippen molar-refractivity contribution in [1.29, 1.82) is 0 Å². The number of ether oxygens (including phenoxy) is 1. The Morgan fingerprint density at radius 2 is 1.33 bits per heavy atom. The van der Waals surface area contributed by atoms with Crippen LogP contribution in [0.4, 0.5) is 17.6 Å². The fourth-order valence-electron chi connectivity index (χ4n) is 0.442. The van der Waals surface area contributed by atoms with E-state index in [2.05, 4.69) is 16.3 Å². The molecule has 0 aromatic heterocycles. The molecule has 0 bridgehead atoms. The zero-order chi connectivity index (χ0) is 10.2. The zero-order valence-corrected chi connectivity index (χ0v) is 7.55. The molecule has 0 fully saturated rings. The molecular formula is C6H9ClF4O. The van der Waals surface area contributed by atoms with Crippen LogP contribution >= 0.6 is 11.6 Å². The molecule has 0 spiro atoms. The van der Waals surface area contributed by atoms with Crippen LogP contribution in [0.5, 0.6) is 0 Å². The van der Waals surface area contributed by atoms with Gasteiger partial charge in [-0.15, -0.1) is 0 Å². The molecule has 0 atom stereocenters. The molecule has 1 nitrogen and oxygen atoms in total. The second-order valence-electron chi connectivity index (χ2n) is 3.23. The number of hydrogen-bond donors (Lipinski definition) is 0.